The van der Waals surface area contributed by atoms with Crippen LogP contribution in [0.25, 0.3) is 0 Å². The summed E-state index contributed by atoms with van der Waals surface area (Å²) in [6.07, 6.45) is -0.871. The zero-order valence-corrected chi connectivity index (χ0v) is 10.5. The fourth-order valence-corrected chi connectivity index (χ4v) is 1.40. The van der Waals surface area contributed by atoms with Crippen molar-refractivity contribution in [2.24, 2.45) is 0 Å². The molecule has 96 valence electrons. The van der Waals surface area contributed by atoms with E-state index >= 15 is 0 Å². The first kappa shape index (κ1) is 13.8. The molecule has 0 saturated carbocycles. The largest absolute Gasteiger partial charge is 0.493 e. The van der Waals surface area contributed by atoms with E-state index in [-0.39, 0.29) is 13.2 Å². The van der Waals surface area contributed by atoms with Crippen molar-refractivity contribution in [3.63, 3.8) is 0 Å². The predicted octanol–water partition coefficient (Wildman–Crippen LogP) is 1.55. The molecule has 0 aliphatic heterocycles. The molecule has 2 N–H and O–H groups in total. The molecule has 17 heavy (non-hydrogen) atoms. The molecule has 1 atom stereocenters. The molecule has 0 aromatic heterocycles. The van der Waals surface area contributed by atoms with Gasteiger partial charge in [-0.15, -0.1) is 0 Å². The lowest BCUT2D eigenvalue weighted by atomic mass is 10.0. The highest BCUT2D eigenvalue weighted by Gasteiger charge is 2.10. The zero-order chi connectivity index (χ0) is 12.8. The molecule has 1 rings (SSSR count). The van der Waals surface area contributed by atoms with Crippen LogP contribution in [0.2, 0.25) is 0 Å². The first-order valence-electron chi connectivity index (χ1n) is 5.68. The Balaban J connectivity index is 2.78. The van der Waals surface area contributed by atoms with Crippen molar-refractivity contribution in [3.05, 3.63) is 23.8 Å². The Bertz CT molecular complexity index is 349. The monoisotopic (exact) mass is 240 g/mol. The predicted molar refractivity (Wildman–Crippen MR) is 65.7 cm³/mol. The quantitative estimate of drug-likeness (QED) is 0.792. The van der Waals surface area contributed by atoms with Crippen LogP contribution < -0.4 is 9.47 Å². The Labute approximate surface area is 102 Å². The van der Waals surface area contributed by atoms with Crippen LogP contribution in [-0.4, -0.2) is 36.6 Å². The molecule has 4 heteroatoms. The number of aliphatic hydroxyl groups excluding tert-OH is 2. The molecule has 0 saturated heterocycles. The normalized spacial score (nSPS) is 12.6. The SMILES string of the molecule is COc1cc(C(C)C)ccc1OC[C@H](O)CO. The second-order valence-corrected chi connectivity index (χ2v) is 4.21. The topological polar surface area (TPSA) is 58.9 Å². The number of ether oxygens (including phenoxy) is 2. The molecule has 0 aliphatic carbocycles. The first-order valence-corrected chi connectivity index (χ1v) is 5.68. The lowest BCUT2D eigenvalue weighted by molar-refractivity contribution is 0.0527. The van der Waals surface area contributed by atoms with E-state index in [9.17, 15) is 5.11 Å². The molecule has 0 aliphatic rings. The maximum Gasteiger partial charge on any atom is 0.161 e. The van der Waals surface area contributed by atoms with Gasteiger partial charge in [-0.2, -0.15) is 0 Å². The van der Waals surface area contributed by atoms with Gasteiger partial charge in [0.05, 0.1) is 13.7 Å². The Morgan fingerprint density at radius 1 is 1.24 bits per heavy atom. The molecule has 0 radical (unpaired) electrons. The number of methoxy groups -OCH3 is 1. The lowest BCUT2D eigenvalue weighted by Crippen LogP contribution is -2.21. The van der Waals surface area contributed by atoms with Crippen molar-refractivity contribution in [2.75, 3.05) is 20.3 Å². The van der Waals surface area contributed by atoms with Crippen molar-refractivity contribution in [3.8, 4) is 11.5 Å². The van der Waals surface area contributed by atoms with Crippen molar-refractivity contribution in [1.82, 2.24) is 0 Å². The summed E-state index contributed by atoms with van der Waals surface area (Å²) in [7, 11) is 1.58. The second-order valence-electron chi connectivity index (χ2n) is 4.21. The molecule has 0 heterocycles. The van der Waals surface area contributed by atoms with Crippen molar-refractivity contribution < 1.29 is 19.7 Å². The average Bonchev–Trinajstić information content (AvgIpc) is 2.35. The highest BCUT2D eigenvalue weighted by Crippen LogP contribution is 2.30. The van der Waals surface area contributed by atoms with Gasteiger partial charge in [-0.05, 0) is 23.6 Å². The number of aliphatic hydroxyl groups is 2. The molecule has 1 aromatic carbocycles. The summed E-state index contributed by atoms with van der Waals surface area (Å²) < 4.78 is 10.6. The van der Waals surface area contributed by atoms with Gasteiger partial charge in [0.25, 0.3) is 0 Å². The first-order chi connectivity index (χ1) is 8.08. The summed E-state index contributed by atoms with van der Waals surface area (Å²) in [6.45, 7) is 3.94. The lowest BCUT2D eigenvalue weighted by Gasteiger charge is -2.15. The van der Waals surface area contributed by atoms with Gasteiger partial charge >= 0.3 is 0 Å². The number of hydrogen-bond donors (Lipinski definition) is 2. The van der Waals surface area contributed by atoms with Gasteiger partial charge in [-0.25, -0.2) is 0 Å². The van der Waals surface area contributed by atoms with Crippen molar-refractivity contribution in [1.29, 1.82) is 0 Å². The zero-order valence-electron chi connectivity index (χ0n) is 10.5. The third kappa shape index (κ3) is 3.91. The molecular formula is C13H20O4. The van der Waals surface area contributed by atoms with Gasteiger partial charge in [0.2, 0.25) is 0 Å². The molecule has 0 spiro atoms. The highest BCUT2D eigenvalue weighted by molar-refractivity contribution is 5.43. The standard InChI is InChI=1S/C13H20O4/c1-9(2)10-4-5-12(13(6-10)16-3)17-8-11(15)7-14/h4-6,9,11,14-15H,7-8H2,1-3H3/t11-/m1/s1. The van der Waals surface area contributed by atoms with Gasteiger partial charge in [0, 0.05) is 0 Å². The van der Waals surface area contributed by atoms with Gasteiger partial charge < -0.3 is 19.7 Å². The summed E-state index contributed by atoms with van der Waals surface area (Å²) in [6, 6.07) is 5.71. The fourth-order valence-electron chi connectivity index (χ4n) is 1.40. The van der Waals surface area contributed by atoms with Crippen LogP contribution in [0.4, 0.5) is 0 Å². The van der Waals surface area contributed by atoms with Crippen LogP contribution in [0, 0.1) is 0 Å². The van der Waals surface area contributed by atoms with Crippen molar-refractivity contribution in [2.45, 2.75) is 25.9 Å². The van der Waals surface area contributed by atoms with E-state index in [2.05, 4.69) is 13.8 Å². The molecule has 0 amide bonds. The maximum atomic E-state index is 9.21. The fraction of sp³-hybridized carbons (Fsp3) is 0.538. The molecule has 0 bridgehead atoms. The van der Waals surface area contributed by atoms with Crippen LogP contribution in [0.3, 0.4) is 0 Å². The van der Waals surface area contributed by atoms with E-state index in [0.29, 0.717) is 17.4 Å². The number of rotatable bonds is 6. The van der Waals surface area contributed by atoms with E-state index in [4.69, 9.17) is 14.6 Å². The summed E-state index contributed by atoms with van der Waals surface area (Å²) in [5.74, 6) is 1.63. The summed E-state index contributed by atoms with van der Waals surface area (Å²) in [5, 5.41) is 17.9. The van der Waals surface area contributed by atoms with Gasteiger partial charge in [0.15, 0.2) is 11.5 Å². The summed E-state index contributed by atoms with van der Waals surface area (Å²) >= 11 is 0. The van der Waals surface area contributed by atoms with Gasteiger partial charge in [0.1, 0.15) is 12.7 Å². The summed E-state index contributed by atoms with van der Waals surface area (Å²) in [4.78, 5) is 0. The molecule has 1 aromatic rings. The highest BCUT2D eigenvalue weighted by atomic mass is 16.5. The molecule has 0 fully saturated rings. The van der Waals surface area contributed by atoms with E-state index < -0.39 is 6.10 Å². The van der Waals surface area contributed by atoms with Gasteiger partial charge in [-0.1, -0.05) is 19.9 Å². The van der Waals surface area contributed by atoms with E-state index in [0.717, 1.165) is 5.56 Å². The molecule has 0 unspecified atom stereocenters. The Kier molecular flexibility index (Phi) is 5.25. The maximum absolute atomic E-state index is 9.21. The Hall–Kier alpha value is -1.26. The minimum absolute atomic E-state index is 0.0495. The molecular weight excluding hydrogens is 220 g/mol. The van der Waals surface area contributed by atoms with Crippen molar-refractivity contribution >= 4 is 0 Å². The van der Waals surface area contributed by atoms with Crippen LogP contribution in [0.15, 0.2) is 18.2 Å². The third-order valence-electron chi connectivity index (χ3n) is 2.50. The number of benzene rings is 1. The second kappa shape index (κ2) is 6.47. The average molecular weight is 240 g/mol. The van der Waals surface area contributed by atoms with Crippen LogP contribution in [-0.2, 0) is 0 Å². The Morgan fingerprint density at radius 2 is 1.94 bits per heavy atom. The summed E-state index contributed by atoms with van der Waals surface area (Å²) in [5.41, 5.74) is 1.16. The van der Waals surface area contributed by atoms with Crippen LogP contribution >= 0.6 is 0 Å². The van der Waals surface area contributed by atoms with E-state index in [1.54, 1.807) is 7.11 Å². The van der Waals surface area contributed by atoms with E-state index in [1.807, 2.05) is 18.2 Å². The minimum Gasteiger partial charge on any atom is -0.493 e. The smallest absolute Gasteiger partial charge is 0.161 e. The minimum atomic E-state index is -0.871. The molecule has 4 nitrogen and oxygen atoms in total. The third-order valence-corrected chi connectivity index (χ3v) is 2.50. The van der Waals surface area contributed by atoms with Crippen LogP contribution in [0.1, 0.15) is 25.3 Å². The van der Waals surface area contributed by atoms with Crippen LogP contribution in [0.5, 0.6) is 11.5 Å². The van der Waals surface area contributed by atoms with E-state index in [1.165, 1.54) is 0 Å². The Morgan fingerprint density at radius 3 is 2.47 bits per heavy atom. The van der Waals surface area contributed by atoms with Gasteiger partial charge in [-0.3, -0.25) is 0 Å². The number of hydrogen-bond acceptors (Lipinski definition) is 4.